The maximum absolute atomic E-state index is 12.6. The van der Waals surface area contributed by atoms with E-state index in [9.17, 15) is 19.5 Å². The number of anilines is 1. The molecule has 0 saturated heterocycles. The van der Waals surface area contributed by atoms with Crippen LogP contribution in [-0.4, -0.2) is 44.3 Å². The third-order valence-electron chi connectivity index (χ3n) is 3.21. The molecule has 1 aromatic rings. The number of likely N-dealkylation sites (N-methyl/N-ethyl adjacent to an activating group) is 1. The third kappa shape index (κ3) is 5.59. The summed E-state index contributed by atoms with van der Waals surface area (Å²) in [6.45, 7) is 4.98. The molecule has 2 amide bonds. The standard InChI is InChI=1S/C18H24N2O6/c1-18(2,3)26-17(24)20(11-21)14-9-7-6-8-12(14)15(22)10-13(19-4)16(23)25-5/h6-11,13,19,22H,1-5H3/p-1/b15-10-/t13-/m0/s1. The smallest absolute Gasteiger partial charge is 0.421 e. The van der Waals surface area contributed by atoms with E-state index >= 15 is 0 Å². The SMILES string of the molecule is CN[C@@H](/C=C(\[O-])c1ccccc1N(C=O)C(=O)OC(C)(C)C)C(=O)OC. The summed E-state index contributed by atoms with van der Waals surface area (Å²) in [4.78, 5) is 36.1. The molecule has 0 aliphatic carbocycles. The summed E-state index contributed by atoms with van der Waals surface area (Å²) in [5.41, 5.74) is -0.696. The van der Waals surface area contributed by atoms with Crippen LogP contribution in [0.25, 0.3) is 5.76 Å². The largest absolute Gasteiger partial charge is 0.872 e. The number of hydrogen-bond donors (Lipinski definition) is 1. The number of hydrogen-bond acceptors (Lipinski definition) is 7. The van der Waals surface area contributed by atoms with Crippen LogP contribution in [0, 0.1) is 0 Å². The Morgan fingerprint density at radius 3 is 2.38 bits per heavy atom. The second-order valence-corrected chi connectivity index (χ2v) is 6.29. The van der Waals surface area contributed by atoms with Crippen molar-refractivity contribution in [2.75, 3.05) is 19.1 Å². The fourth-order valence-electron chi connectivity index (χ4n) is 2.04. The number of para-hydroxylation sites is 1. The number of amides is 2. The lowest BCUT2D eigenvalue weighted by Crippen LogP contribution is -2.37. The summed E-state index contributed by atoms with van der Waals surface area (Å²) < 4.78 is 9.79. The van der Waals surface area contributed by atoms with Crippen molar-refractivity contribution >= 4 is 29.9 Å². The fraction of sp³-hybridized carbons (Fsp3) is 0.389. The number of benzene rings is 1. The molecule has 0 aliphatic heterocycles. The van der Waals surface area contributed by atoms with Crippen LogP contribution in [0.2, 0.25) is 0 Å². The lowest BCUT2D eigenvalue weighted by Gasteiger charge is -2.26. The molecule has 0 aromatic heterocycles. The van der Waals surface area contributed by atoms with Gasteiger partial charge in [0.2, 0.25) is 6.41 Å². The molecule has 8 nitrogen and oxygen atoms in total. The Bertz CT molecular complexity index is 693. The van der Waals surface area contributed by atoms with Crippen molar-refractivity contribution < 1.29 is 29.0 Å². The van der Waals surface area contributed by atoms with Gasteiger partial charge in [-0.3, -0.25) is 9.59 Å². The Kier molecular flexibility index (Phi) is 7.33. The predicted octanol–water partition coefficient (Wildman–Crippen LogP) is 1.05. The van der Waals surface area contributed by atoms with Crippen molar-refractivity contribution in [2.24, 2.45) is 0 Å². The molecule has 0 saturated carbocycles. The molecule has 1 atom stereocenters. The number of esters is 1. The number of ether oxygens (including phenoxy) is 2. The molecule has 1 N–H and O–H groups in total. The minimum absolute atomic E-state index is 0.0534. The van der Waals surface area contributed by atoms with Gasteiger partial charge in [0.1, 0.15) is 11.6 Å². The van der Waals surface area contributed by atoms with Gasteiger partial charge >= 0.3 is 12.1 Å². The molecule has 0 spiro atoms. The molecule has 0 bridgehead atoms. The zero-order chi connectivity index (χ0) is 19.9. The molecule has 8 heteroatoms. The maximum atomic E-state index is 12.6. The first-order chi connectivity index (χ1) is 12.1. The fourth-order valence-corrected chi connectivity index (χ4v) is 2.04. The van der Waals surface area contributed by atoms with E-state index in [1.165, 1.54) is 26.3 Å². The summed E-state index contributed by atoms with van der Waals surface area (Å²) in [6.07, 6.45) is 0.476. The van der Waals surface area contributed by atoms with Crippen molar-refractivity contribution in [3.8, 4) is 0 Å². The molecular formula is C18H23N2O6-. The predicted molar refractivity (Wildman–Crippen MR) is 94.1 cm³/mol. The highest BCUT2D eigenvalue weighted by atomic mass is 16.6. The molecular weight excluding hydrogens is 340 g/mol. The van der Waals surface area contributed by atoms with Crippen LogP contribution in [0.5, 0.6) is 0 Å². The summed E-state index contributed by atoms with van der Waals surface area (Å²) in [7, 11) is 2.70. The van der Waals surface area contributed by atoms with Crippen molar-refractivity contribution in [1.82, 2.24) is 5.32 Å². The lowest BCUT2D eigenvalue weighted by atomic mass is 10.1. The first-order valence-corrected chi connectivity index (χ1v) is 7.85. The van der Waals surface area contributed by atoms with Gasteiger partial charge in [-0.25, -0.2) is 9.69 Å². The molecule has 142 valence electrons. The van der Waals surface area contributed by atoms with E-state index in [-0.39, 0.29) is 17.7 Å². The lowest BCUT2D eigenvalue weighted by molar-refractivity contribution is -0.244. The summed E-state index contributed by atoms with van der Waals surface area (Å²) in [6, 6.07) is 5.06. The van der Waals surface area contributed by atoms with Gasteiger partial charge in [0.25, 0.3) is 0 Å². The van der Waals surface area contributed by atoms with Crippen LogP contribution in [-0.2, 0) is 19.1 Å². The Labute approximate surface area is 152 Å². The highest BCUT2D eigenvalue weighted by molar-refractivity contribution is 6.05. The second kappa shape index (κ2) is 9.00. The molecule has 26 heavy (non-hydrogen) atoms. The Morgan fingerprint density at radius 1 is 1.27 bits per heavy atom. The topological polar surface area (TPSA) is 108 Å². The Morgan fingerprint density at radius 2 is 1.88 bits per heavy atom. The highest BCUT2D eigenvalue weighted by Gasteiger charge is 2.25. The average Bonchev–Trinajstić information content (AvgIpc) is 2.58. The van der Waals surface area contributed by atoms with Gasteiger partial charge < -0.3 is 19.9 Å². The molecule has 0 unspecified atom stereocenters. The van der Waals surface area contributed by atoms with Gasteiger partial charge in [0.05, 0.1) is 12.8 Å². The van der Waals surface area contributed by atoms with Crippen molar-refractivity contribution in [3.05, 3.63) is 35.9 Å². The Balaban J connectivity index is 3.29. The zero-order valence-corrected chi connectivity index (χ0v) is 15.4. The zero-order valence-electron chi connectivity index (χ0n) is 15.4. The summed E-state index contributed by atoms with van der Waals surface area (Å²) in [5.74, 6) is -1.20. The van der Waals surface area contributed by atoms with Crippen LogP contribution in [0.15, 0.2) is 30.3 Å². The van der Waals surface area contributed by atoms with Gasteiger partial charge in [0, 0.05) is 0 Å². The number of methoxy groups -OCH3 is 1. The monoisotopic (exact) mass is 363 g/mol. The van der Waals surface area contributed by atoms with Gasteiger partial charge in [-0.05, 0) is 39.4 Å². The molecule has 1 rings (SSSR count). The molecule has 0 fully saturated rings. The number of nitrogens with one attached hydrogen (secondary N) is 1. The minimum Gasteiger partial charge on any atom is -0.872 e. The summed E-state index contributed by atoms with van der Waals surface area (Å²) >= 11 is 0. The van der Waals surface area contributed by atoms with Gasteiger partial charge in [-0.15, -0.1) is 5.76 Å². The maximum Gasteiger partial charge on any atom is 0.421 e. The molecule has 1 aromatic carbocycles. The van der Waals surface area contributed by atoms with E-state index in [1.807, 2.05) is 0 Å². The van der Waals surface area contributed by atoms with Gasteiger partial charge in [0.15, 0.2) is 0 Å². The van der Waals surface area contributed by atoms with Gasteiger partial charge in [-0.2, -0.15) is 0 Å². The van der Waals surface area contributed by atoms with Crippen LogP contribution >= 0.6 is 0 Å². The van der Waals surface area contributed by atoms with E-state index in [1.54, 1.807) is 32.9 Å². The molecule has 0 radical (unpaired) electrons. The number of imide groups is 1. The highest BCUT2D eigenvalue weighted by Crippen LogP contribution is 2.25. The number of rotatable bonds is 6. The number of nitrogens with zero attached hydrogens (tertiary/aromatic N) is 1. The Hall–Kier alpha value is -2.87. The van der Waals surface area contributed by atoms with Crippen LogP contribution in [0.1, 0.15) is 26.3 Å². The van der Waals surface area contributed by atoms with Crippen LogP contribution < -0.4 is 15.3 Å². The van der Waals surface area contributed by atoms with Crippen molar-refractivity contribution in [2.45, 2.75) is 32.4 Å². The molecule has 0 heterocycles. The van der Waals surface area contributed by atoms with E-state index in [2.05, 4.69) is 10.1 Å². The van der Waals surface area contributed by atoms with E-state index < -0.39 is 29.5 Å². The van der Waals surface area contributed by atoms with Crippen molar-refractivity contribution in [3.63, 3.8) is 0 Å². The normalized spacial score (nSPS) is 12.9. The van der Waals surface area contributed by atoms with Gasteiger partial charge in [-0.1, -0.05) is 24.3 Å². The van der Waals surface area contributed by atoms with E-state index in [4.69, 9.17) is 4.74 Å². The summed E-state index contributed by atoms with van der Waals surface area (Å²) in [5, 5.41) is 15.2. The van der Waals surface area contributed by atoms with E-state index in [0.717, 1.165) is 6.08 Å². The number of carbonyl (C=O) groups excluding carboxylic acids is 3. The quantitative estimate of drug-likeness (QED) is 0.457. The third-order valence-corrected chi connectivity index (χ3v) is 3.21. The molecule has 0 aliphatic rings. The minimum atomic E-state index is -0.966. The first-order valence-electron chi connectivity index (χ1n) is 7.85. The van der Waals surface area contributed by atoms with Crippen molar-refractivity contribution in [1.29, 1.82) is 0 Å². The van der Waals surface area contributed by atoms with Crippen LogP contribution in [0.4, 0.5) is 10.5 Å². The van der Waals surface area contributed by atoms with Crippen LogP contribution in [0.3, 0.4) is 0 Å². The number of carbonyl (C=O) groups is 3. The first kappa shape index (κ1) is 21.2. The average molecular weight is 363 g/mol. The van der Waals surface area contributed by atoms with E-state index in [0.29, 0.717) is 4.90 Å². The second-order valence-electron chi connectivity index (χ2n) is 6.29.